The summed E-state index contributed by atoms with van der Waals surface area (Å²) in [7, 11) is 0. The van der Waals surface area contributed by atoms with Gasteiger partial charge in [0.15, 0.2) is 0 Å². The molecule has 2 aliphatic rings. The summed E-state index contributed by atoms with van der Waals surface area (Å²) in [6, 6.07) is 5.36. The molecule has 11 heteroatoms. The number of halogens is 4. The van der Waals surface area contributed by atoms with Gasteiger partial charge in [-0.15, -0.1) is 0 Å². The largest absolute Gasteiger partial charge is 0.392 e. The third kappa shape index (κ3) is 3.43. The van der Waals surface area contributed by atoms with Gasteiger partial charge in [-0.25, -0.2) is 4.39 Å². The summed E-state index contributed by atoms with van der Waals surface area (Å²) in [6.07, 6.45) is -4.23. The average Bonchev–Trinajstić information content (AvgIpc) is 3.01. The molecule has 3 atom stereocenters. The Bertz CT molecular complexity index is 917. The van der Waals surface area contributed by atoms with Crippen LogP contribution in [0.15, 0.2) is 28.8 Å². The molecule has 0 radical (unpaired) electrons. The molecule has 1 unspecified atom stereocenters. The van der Waals surface area contributed by atoms with Crippen molar-refractivity contribution in [2.24, 2.45) is 17.8 Å². The zero-order valence-electron chi connectivity index (χ0n) is 14.2. The quantitative estimate of drug-likeness (QED) is 0.795. The molecule has 1 aliphatic heterocycles. The van der Waals surface area contributed by atoms with E-state index < -0.39 is 48.1 Å². The molecular weight excluding hydrogens is 384 g/mol. The number of aromatic nitrogens is 2. The lowest BCUT2D eigenvalue weighted by atomic mass is 10.2. The van der Waals surface area contributed by atoms with E-state index in [1.165, 1.54) is 23.1 Å². The fourth-order valence-corrected chi connectivity index (χ4v) is 3.62. The van der Waals surface area contributed by atoms with E-state index >= 15 is 0 Å². The summed E-state index contributed by atoms with van der Waals surface area (Å²) in [5, 5.41) is 5.79. The first-order chi connectivity index (χ1) is 13.2. The maximum atomic E-state index is 13.2. The Morgan fingerprint density at radius 3 is 2.61 bits per heavy atom. The van der Waals surface area contributed by atoms with E-state index in [1.54, 1.807) is 0 Å². The maximum absolute atomic E-state index is 13.2. The number of fused-ring (bicyclic) bond motifs is 1. The van der Waals surface area contributed by atoms with Crippen molar-refractivity contribution in [2.75, 3.05) is 19.6 Å². The van der Waals surface area contributed by atoms with Crippen molar-refractivity contribution in [3.8, 4) is 11.5 Å². The molecular formula is C17H14F4N4O3. The van der Waals surface area contributed by atoms with E-state index in [1.807, 2.05) is 0 Å². The Kier molecular flexibility index (Phi) is 4.31. The summed E-state index contributed by atoms with van der Waals surface area (Å²) >= 11 is 0. The van der Waals surface area contributed by atoms with E-state index in [4.69, 9.17) is 4.52 Å². The summed E-state index contributed by atoms with van der Waals surface area (Å²) < 4.78 is 56.2. The minimum Gasteiger partial charge on any atom is -0.341 e. The second-order valence-electron chi connectivity index (χ2n) is 6.81. The van der Waals surface area contributed by atoms with Gasteiger partial charge in [0.25, 0.3) is 17.6 Å². The first-order valence-corrected chi connectivity index (χ1v) is 8.46. The average molecular weight is 398 g/mol. The number of likely N-dealkylation sites (tertiary alicyclic amines) is 1. The Morgan fingerprint density at radius 2 is 1.96 bits per heavy atom. The van der Waals surface area contributed by atoms with Gasteiger partial charge >= 0.3 is 6.18 Å². The van der Waals surface area contributed by atoms with Gasteiger partial charge in [0.1, 0.15) is 5.82 Å². The number of hydrogen-bond donors (Lipinski definition) is 1. The van der Waals surface area contributed by atoms with Crippen molar-refractivity contribution < 1.29 is 31.7 Å². The number of piperidine rings is 1. The molecule has 0 spiro atoms. The molecule has 0 bridgehead atoms. The van der Waals surface area contributed by atoms with Crippen LogP contribution in [0.25, 0.3) is 11.5 Å². The predicted molar refractivity (Wildman–Crippen MR) is 85.1 cm³/mol. The Morgan fingerprint density at radius 1 is 1.25 bits per heavy atom. The Balaban J connectivity index is 1.29. The highest BCUT2D eigenvalue weighted by Crippen LogP contribution is 2.59. The van der Waals surface area contributed by atoms with Crippen LogP contribution in [0.4, 0.5) is 17.6 Å². The van der Waals surface area contributed by atoms with Crippen LogP contribution in [0.3, 0.4) is 0 Å². The molecule has 1 saturated heterocycles. The minimum absolute atomic E-state index is 0.0372. The van der Waals surface area contributed by atoms with Gasteiger partial charge in [-0.3, -0.25) is 9.59 Å². The van der Waals surface area contributed by atoms with Crippen molar-refractivity contribution in [3.05, 3.63) is 35.9 Å². The molecule has 1 saturated carbocycles. The van der Waals surface area contributed by atoms with Gasteiger partial charge < -0.3 is 14.7 Å². The first-order valence-electron chi connectivity index (χ1n) is 8.46. The maximum Gasteiger partial charge on any atom is 0.392 e. The van der Waals surface area contributed by atoms with Crippen LogP contribution in [0.1, 0.15) is 10.6 Å². The lowest BCUT2D eigenvalue weighted by Gasteiger charge is -2.20. The number of nitrogens with one attached hydrogen (secondary N) is 1. The molecule has 2 amide bonds. The second kappa shape index (κ2) is 6.57. The van der Waals surface area contributed by atoms with Crippen LogP contribution in [-0.4, -0.2) is 52.7 Å². The SMILES string of the molecule is O=C(NCC(=O)N1C[C@@H]2C(C(F)(F)F)[C@@H]2C1)c1noc(-c2cccc(F)c2)n1. The van der Waals surface area contributed by atoms with Crippen LogP contribution in [0.5, 0.6) is 0 Å². The number of hydrogen-bond acceptors (Lipinski definition) is 5. The van der Waals surface area contributed by atoms with Crippen molar-refractivity contribution in [3.63, 3.8) is 0 Å². The lowest BCUT2D eigenvalue weighted by Crippen LogP contribution is -2.41. The van der Waals surface area contributed by atoms with Crippen LogP contribution >= 0.6 is 0 Å². The smallest absolute Gasteiger partial charge is 0.341 e. The van der Waals surface area contributed by atoms with Gasteiger partial charge in [-0.2, -0.15) is 18.2 Å². The molecule has 28 heavy (non-hydrogen) atoms. The van der Waals surface area contributed by atoms with Gasteiger partial charge in [0.2, 0.25) is 5.91 Å². The Labute approximate surface area is 155 Å². The number of rotatable bonds is 4. The third-order valence-corrected chi connectivity index (χ3v) is 5.03. The highest BCUT2D eigenvalue weighted by Gasteiger charge is 2.67. The monoisotopic (exact) mass is 398 g/mol. The summed E-state index contributed by atoms with van der Waals surface area (Å²) in [6.45, 7) is -0.316. The van der Waals surface area contributed by atoms with Crippen molar-refractivity contribution in [1.82, 2.24) is 20.4 Å². The molecule has 1 aliphatic carbocycles. The summed E-state index contributed by atoms with van der Waals surface area (Å²) in [5.74, 6) is -4.60. The first kappa shape index (κ1) is 18.4. The number of carbonyl (C=O) groups is 2. The van der Waals surface area contributed by atoms with E-state index in [-0.39, 0.29) is 30.4 Å². The van der Waals surface area contributed by atoms with Crippen LogP contribution in [0, 0.1) is 23.6 Å². The van der Waals surface area contributed by atoms with E-state index in [0.717, 1.165) is 6.07 Å². The predicted octanol–water partition coefficient (Wildman–Crippen LogP) is 1.87. The summed E-state index contributed by atoms with van der Waals surface area (Å²) in [4.78, 5) is 29.3. The number of benzene rings is 1. The molecule has 148 valence electrons. The van der Waals surface area contributed by atoms with E-state index in [2.05, 4.69) is 15.5 Å². The molecule has 2 fully saturated rings. The molecule has 1 aromatic carbocycles. The van der Waals surface area contributed by atoms with Gasteiger partial charge in [0.05, 0.1) is 12.5 Å². The number of amides is 2. The molecule has 1 N–H and O–H groups in total. The van der Waals surface area contributed by atoms with Gasteiger partial charge in [0, 0.05) is 18.7 Å². The molecule has 4 rings (SSSR count). The zero-order valence-corrected chi connectivity index (χ0v) is 14.2. The molecule has 2 aromatic rings. The van der Waals surface area contributed by atoms with Crippen LogP contribution in [-0.2, 0) is 4.79 Å². The van der Waals surface area contributed by atoms with Crippen molar-refractivity contribution >= 4 is 11.8 Å². The third-order valence-electron chi connectivity index (χ3n) is 5.03. The summed E-state index contributed by atoms with van der Waals surface area (Å²) in [5.41, 5.74) is 0.290. The standard InChI is InChI=1S/C17H14F4N4O3/c18-9-3-1-2-8(4-9)16-23-14(24-28-16)15(27)22-5-12(26)25-6-10-11(7-25)13(10)17(19,20)21/h1-4,10-11,13H,5-7H2,(H,22,27)/t10-,11+,13?. The molecule has 2 heterocycles. The second-order valence-corrected chi connectivity index (χ2v) is 6.81. The minimum atomic E-state index is -4.23. The van der Waals surface area contributed by atoms with Gasteiger partial charge in [-0.05, 0) is 30.0 Å². The van der Waals surface area contributed by atoms with E-state index in [0.29, 0.717) is 0 Å². The fraction of sp³-hybridized carbons (Fsp3) is 0.412. The zero-order chi connectivity index (χ0) is 20.1. The van der Waals surface area contributed by atoms with Crippen LogP contribution in [0.2, 0.25) is 0 Å². The van der Waals surface area contributed by atoms with Gasteiger partial charge in [-0.1, -0.05) is 11.2 Å². The highest BCUT2D eigenvalue weighted by molar-refractivity contribution is 5.93. The Hall–Kier alpha value is -2.98. The van der Waals surface area contributed by atoms with E-state index in [9.17, 15) is 27.2 Å². The molecule has 1 aromatic heterocycles. The van der Waals surface area contributed by atoms with Crippen molar-refractivity contribution in [2.45, 2.75) is 6.18 Å². The number of carbonyl (C=O) groups excluding carboxylic acids is 2. The molecule has 7 nitrogen and oxygen atoms in total. The normalized spacial score (nSPS) is 23.4. The topological polar surface area (TPSA) is 88.3 Å². The number of nitrogens with zero attached hydrogens (tertiary/aromatic N) is 3. The van der Waals surface area contributed by atoms with Crippen molar-refractivity contribution in [1.29, 1.82) is 0 Å². The van der Waals surface area contributed by atoms with Crippen LogP contribution < -0.4 is 5.32 Å². The number of alkyl halides is 3. The lowest BCUT2D eigenvalue weighted by molar-refractivity contribution is -0.159. The highest BCUT2D eigenvalue weighted by atomic mass is 19.4. The fourth-order valence-electron chi connectivity index (χ4n) is 3.62.